The summed E-state index contributed by atoms with van der Waals surface area (Å²) in [6, 6.07) is 24.6. The number of carbonyl (C=O) groups is 1. The Morgan fingerprint density at radius 3 is 2.31 bits per heavy atom. The van der Waals surface area contributed by atoms with Crippen LogP contribution >= 0.6 is 22.9 Å². The molecule has 1 heterocycles. The summed E-state index contributed by atoms with van der Waals surface area (Å²) in [6.45, 7) is 0. The molecule has 0 saturated heterocycles. The number of halogens is 1. The summed E-state index contributed by atoms with van der Waals surface area (Å²) in [5.74, 6) is 0.497. The van der Waals surface area contributed by atoms with Crippen LogP contribution in [0.15, 0.2) is 78.9 Å². The second-order valence-electron chi connectivity index (χ2n) is 6.23. The Bertz CT molecular complexity index is 1140. The van der Waals surface area contributed by atoms with Gasteiger partial charge in [0.05, 0.1) is 28.3 Å². The molecule has 0 aliphatic carbocycles. The number of methoxy groups -OCH3 is 1. The van der Waals surface area contributed by atoms with Crippen molar-refractivity contribution in [2.24, 2.45) is 0 Å². The standard InChI is InChI=1S/C23H17ClN2O2S/c1-28-17-13-11-16(12-14-17)21-20(15-7-3-2-4-8-15)25-23(29-21)26-22(27)18-9-5-6-10-19(18)24/h2-14H,1H3,(H,25,26,27). The molecule has 0 fully saturated rings. The topological polar surface area (TPSA) is 51.2 Å². The molecule has 1 amide bonds. The molecule has 29 heavy (non-hydrogen) atoms. The molecule has 6 heteroatoms. The molecule has 4 nitrogen and oxygen atoms in total. The van der Waals surface area contributed by atoms with Crippen LogP contribution < -0.4 is 10.1 Å². The Labute approximate surface area is 177 Å². The minimum Gasteiger partial charge on any atom is -0.497 e. The van der Waals surface area contributed by atoms with Crippen molar-refractivity contribution < 1.29 is 9.53 Å². The Morgan fingerprint density at radius 1 is 0.931 bits per heavy atom. The van der Waals surface area contributed by atoms with Crippen LogP contribution in [0.2, 0.25) is 5.02 Å². The Balaban J connectivity index is 1.73. The predicted octanol–water partition coefficient (Wildman–Crippen LogP) is 6.39. The summed E-state index contributed by atoms with van der Waals surface area (Å²) >= 11 is 7.58. The van der Waals surface area contributed by atoms with E-state index in [0.29, 0.717) is 15.7 Å². The number of thiazole rings is 1. The maximum Gasteiger partial charge on any atom is 0.258 e. The van der Waals surface area contributed by atoms with Crippen LogP contribution in [-0.4, -0.2) is 18.0 Å². The third-order valence-electron chi connectivity index (χ3n) is 4.37. The second kappa shape index (κ2) is 8.47. The maximum atomic E-state index is 12.7. The summed E-state index contributed by atoms with van der Waals surface area (Å²) in [4.78, 5) is 18.3. The van der Waals surface area contributed by atoms with E-state index in [4.69, 9.17) is 21.3 Å². The lowest BCUT2D eigenvalue weighted by atomic mass is 10.1. The number of anilines is 1. The van der Waals surface area contributed by atoms with Crippen molar-refractivity contribution in [2.45, 2.75) is 0 Å². The fraction of sp³-hybridized carbons (Fsp3) is 0.0435. The largest absolute Gasteiger partial charge is 0.497 e. The molecule has 144 valence electrons. The number of rotatable bonds is 5. The molecule has 4 aromatic rings. The number of ether oxygens (including phenoxy) is 1. The van der Waals surface area contributed by atoms with E-state index in [9.17, 15) is 4.79 Å². The zero-order valence-electron chi connectivity index (χ0n) is 15.6. The summed E-state index contributed by atoms with van der Waals surface area (Å²) < 4.78 is 5.26. The van der Waals surface area contributed by atoms with Gasteiger partial charge in [-0.25, -0.2) is 4.98 Å². The van der Waals surface area contributed by atoms with Crippen LogP contribution in [0, 0.1) is 0 Å². The Kier molecular flexibility index (Phi) is 5.60. The number of benzene rings is 3. The summed E-state index contributed by atoms with van der Waals surface area (Å²) in [5, 5.41) is 3.80. The van der Waals surface area contributed by atoms with Crippen molar-refractivity contribution in [1.29, 1.82) is 0 Å². The van der Waals surface area contributed by atoms with E-state index in [1.807, 2.05) is 54.6 Å². The third-order valence-corrected chi connectivity index (χ3v) is 5.72. The first kappa shape index (κ1) is 19.2. The summed E-state index contributed by atoms with van der Waals surface area (Å²) in [6.07, 6.45) is 0. The van der Waals surface area contributed by atoms with Gasteiger partial charge in [-0.3, -0.25) is 10.1 Å². The smallest absolute Gasteiger partial charge is 0.258 e. The van der Waals surface area contributed by atoms with Gasteiger partial charge in [0.1, 0.15) is 5.75 Å². The number of carbonyl (C=O) groups excluding carboxylic acids is 1. The molecule has 0 unspecified atom stereocenters. The van der Waals surface area contributed by atoms with E-state index < -0.39 is 0 Å². The number of aromatic nitrogens is 1. The van der Waals surface area contributed by atoms with E-state index in [-0.39, 0.29) is 5.91 Å². The van der Waals surface area contributed by atoms with Crippen LogP contribution in [0.4, 0.5) is 5.13 Å². The highest BCUT2D eigenvalue weighted by Crippen LogP contribution is 2.39. The van der Waals surface area contributed by atoms with Gasteiger partial charge in [-0.15, -0.1) is 0 Å². The fourth-order valence-electron chi connectivity index (χ4n) is 2.91. The lowest BCUT2D eigenvalue weighted by Gasteiger charge is -2.04. The first-order chi connectivity index (χ1) is 14.2. The number of nitrogens with one attached hydrogen (secondary N) is 1. The van der Waals surface area contributed by atoms with Gasteiger partial charge in [0.25, 0.3) is 5.91 Å². The average molecular weight is 421 g/mol. The molecule has 1 aromatic heterocycles. The van der Waals surface area contributed by atoms with Gasteiger partial charge in [-0.2, -0.15) is 0 Å². The molecule has 0 saturated carbocycles. The molecule has 0 atom stereocenters. The van der Waals surface area contributed by atoms with Crippen molar-refractivity contribution in [3.8, 4) is 27.4 Å². The molecule has 3 aromatic carbocycles. The highest BCUT2D eigenvalue weighted by molar-refractivity contribution is 7.19. The SMILES string of the molecule is COc1ccc(-c2sc(NC(=O)c3ccccc3Cl)nc2-c2ccccc2)cc1. The normalized spacial score (nSPS) is 10.6. The average Bonchev–Trinajstić information content (AvgIpc) is 3.18. The highest BCUT2D eigenvalue weighted by Gasteiger charge is 2.18. The van der Waals surface area contributed by atoms with Crippen molar-refractivity contribution in [3.63, 3.8) is 0 Å². The summed E-state index contributed by atoms with van der Waals surface area (Å²) in [7, 11) is 1.64. The molecule has 1 N–H and O–H groups in total. The minimum atomic E-state index is -0.287. The Hall–Kier alpha value is -3.15. The van der Waals surface area contributed by atoms with Crippen LogP contribution in [0.1, 0.15) is 10.4 Å². The molecule has 0 radical (unpaired) electrons. The van der Waals surface area contributed by atoms with Crippen LogP contribution in [-0.2, 0) is 0 Å². The lowest BCUT2D eigenvalue weighted by Crippen LogP contribution is -2.12. The fourth-order valence-corrected chi connectivity index (χ4v) is 4.12. The van der Waals surface area contributed by atoms with Gasteiger partial charge in [-0.1, -0.05) is 65.4 Å². The molecule has 0 bridgehead atoms. The van der Waals surface area contributed by atoms with Crippen LogP contribution in [0.3, 0.4) is 0 Å². The van der Waals surface area contributed by atoms with Gasteiger partial charge in [0.15, 0.2) is 5.13 Å². The van der Waals surface area contributed by atoms with Gasteiger partial charge in [0, 0.05) is 5.56 Å². The van der Waals surface area contributed by atoms with Crippen molar-refractivity contribution in [1.82, 2.24) is 4.98 Å². The number of hydrogen-bond donors (Lipinski definition) is 1. The minimum absolute atomic E-state index is 0.287. The quantitative estimate of drug-likeness (QED) is 0.407. The zero-order valence-corrected chi connectivity index (χ0v) is 17.1. The lowest BCUT2D eigenvalue weighted by molar-refractivity contribution is 0.102. The number of nitrogens with zero attached hydrogens (tertiary/aromatic N) is 1. The van der Waals surface area contributed by atoms with Crippen LogP contribution in [0.25, 0.3) is 21.7 Å². The molecule has 0 spiro atoms. The second-order valence-corrected chi connectivity index (χ2v) is 7.63. The van der Waals surface area contributed by atoms with Gasteiger partial charge in [-0.05, 0) is 42.0 Å². The number of amides is 1. The van der Waals surface area contributed by atoms with E-state index in [0.717, 1.165) is 27.4 Å². The number of hydrogen-bond acceptors (Lipinski definition) is 4. The first-order valence-corrected chi connectivity index (χ1v) is 10.1. The van der Waals surface area contributed by atoms with E-state index >= 15 is 0 Å². The highest BCUT2D eigenvalue weighted by atomic mass is 35.5. The monoisotopic (exact) mass is 420 g/mol. The van der Waals surface area contributed by atoms with Crippen molar-refractivity contribution in [2.75, 3.05) is 12.4 Å². The molecule has 4 rings (SSSR count). The van der Waals surface area contributed by atoms with E-state index in [1.165, 1.54) is 11.3 Å². The zero-order chi connectivity index (χ0) is 20.2. The van der Waals surface area contributed by atoms with Crippen molar-refractivity contribution >= 4 is 34.0 Å². The maximum absolute atomic E-state index is 12.7. The third kappa shape index (κ3) is 4.16. The molecule has 0 aliphatic heterocycles. The van der Waals surface area contributed by atoms with Crippen LogP contribution in [0.5, 0.6) is 5.75 Å². The first-order valence-electron chi connectivity index (χ1n) is 8.92. The molecular weight excluding hydrogens is 404 g/mol. The van der Waals surface area contributed by atoms with Gasteiger partial charge in [0.2, 0.25) is 0 Å². The van der Waals surface area contributed by atoms with E-state index in [2.05, 4.69) is 5.32 Å². The summed E-state index contributed by atoms with van der Waals surface area (Å²) in [5.41, 5.74) is 3.21. The molecular formula is C23H17ClN2O2S. The van der Waals surface area contributed by atoms with Gasteiger partial charge < -0.3 is 4.74 Å². The predicted molar refractivity (Wildman–Crippen MR) is 119 cm³/mol. The molecule has 0 aliphatic rings. The Morgan fingerprint density at radius 2 is 1.62 bits per heavy atom. The van der Waals surface area contributed by atoms with E-state index in [1.54, 1.807) is 31.4 Å². The van der Waals surface area contributed by atoms with Gasteiger partial charge >= 0.3 is 0 Å². The van der Waals surface area contributed by atoms with Crippen molar-refractivity contribution in [3.05, 3.63) is 89.4 Å².